The molecule has 1 saturated heterocycles. The lowest BCUT2D eigenvalue weighted by atomic mass is 9.82. The normalized spacial score (nSPS) is 25.6. The number of likely N-dealkylation sites (tertiary alicyclic amines) is 1. The van der Waals surface area contributed by atoms with Gasteiger partial charge in [-0.05, 0) is 12.8 Å². The van der Waals surface area contributed by atoms with E-state index in [0.717, 1.165) is 32.1 Å². The van der Waals surface area contributed by atoms with Crippen molar-refractivity contribution in [3.05, 3.63) is 12.7 Å². The van der Waals surface area contributed by atoms with Crippen molar-refractivity contribution < 1.29 is 14.7 Å². The van der Waals surface area contributed by atoms with Crippen LogP contribution in [0.5, 0.6) is 0 Å². The van der Waals surface area contributed by atoms with Crippen molar-refractivity contribution >= 4 is 11.8 Å². The Labute approximate surface area is 120 Å². The van der Waals surface area contributed by atoms with Crippen molar-refractivity contribution in [1.82, 2.24) is 10.2 Å². The second-order valence-electron chi connectivity index (χ2n) is 5.98. The van der Waals surface area contributed by atoms with Gasteiger partial charge in [0.25, 0.3) is 0 Å². The van der Waals surface area contributed by atoms with Gasteiger partial charge in [0, 0.05) is 19.5 Å². The van der Waals surface area contributed by atoms with Gasteiger partial charge < -0.3 is 15.3 Å². The highest BCUT2D eigenvalue weighted by atomic mass is 16.3. The summed E-state index contributed by atoms with van der Waals surface area (Å²) in [7, 11) is 0. The van der Waals surface area contributed by atoms with Crippen LogP contribution in [0.3, 0.4) is 0 Å². The number of carbonyl (C=O) groups is 2. The number of carbonyl (C=O) groups excluding carboxylic acids is 2. The fourth-order valence-electron chi connectivity index (χ4n) is 3.19. The van der Waals surface area contributed by atoms with Crippen LogP contribution < -0.4 is 5.32 Å². The van der Waals surface area contributed by atoms with Crippen LogP contribution in [0, 0.1) is 5.92 Å². The molecule has 112 valence electrons. The van der Waals surface area contributed by atoms with Gasteiger partial charge in [-0.15, -0.1) is 6.58 Å². The molecular weight excluding hydrogens is 256 g/mol. The molecule has 0 aromatic rings. The number of hydrogen-bond donors (Lipinski definition) is 2. The monoisotopic (exact) mass is 280 g/mol. The van der Waals surface area contributed by atoms with Crippen molar-refractivity contribution in [2.75, 3.05) is 19.7 Å². The molecule has 5 nitrogen and oxygen atoms in total. The van der Waals surface area contributed by atoms with Crippen molar-refractivity contribution in [1.29, 1.82) is 0 Å². The van der Waals surface area contributed by atoms with Gasteiger partial charge in [0.15, 0.2) is 0 Å². The van der Waals surface area contributed by atoms with Crippen LogP contribution in [-0.2, 0) is 9.59 Å². The number of rotatable bonds is 5. The maximum absolute atomic E-state index is 12.3. The SMILES string of the molecule is C=CCN1CC(C(=O)NC2(CO)CCCCC2)CC1=O. The number of hydrogen-bond acceptors (Lipinski definition) is 3. The van der Waals surface area contributed by atoms with Crippen molar-refractivity contribution in [3.8, 4) is 0 Å². The molecule has 1 aliphatic carbocycles. The minimum atomic E-state index is -0.468. The largest absolute Gasteiger partial charge is 0.394 e. The molecule has 0 bridgehead atoms. The quantitative estimate of drug-likeness (QED) is 0.733. The average Bonchev–Trinajstić information content (AvgIpc) is 2.82. The summed E-state index contributed by atoms with van der Waals surface area (Å²) in [6.45, 7) is 4.55. The van der Waals surface area contributed by atoms with Crippen molar-refractivity contribution in [2.24, 2.45) is 5.92 Å². The van der Waals surface area contributed by atoms with Crippen LogP contribution in [0.15, 0.2) is 12.7 Å². The first kappa shape index (κ1) is 15.0. The van der Waals surface area contributed by atoms with E-state index in [9.17, 15) is 14.7 Å². The minimum absolute atomic E-state index is 0.00624. The molecule has 1 unspecified atom stereocenters. The number of amides is 2. The van der Waals surface area contributed by atoms with E-state index in [0.29, 0.717) is 13.1 Å². The number of nitrogens with zero attached hydrogens (tertiary/aromatic N) is 1. The fourth-order valence-corrected chi connectivity index (χ4v) is 3.19. The fraction of sp³-hybridized carbons (Fsp3) is 0.733. The lowest BCUT2D eigenvalue weighted by Crippen LogP contribution is -2.54. The molecule has 2 amide bonds. The Hall–Kier alpha value is -1.36. The third-order valence-corrected chi connectivity index (χ3v) is 4.44. The Morgan fingerprint density at radius 2 is 2.15 bits per heavy atom. The predicted molar refractivity (Wildman–Crippen MR) is 75.9 cm³/mol. The smallest absolute Gasteiger partial charge is 0.225 e. The van der Waals surface area contributed by atoms with E-state index in [1.807, 2.05) is 0 Å². The van der Waals surface area contributed by atoms with E-state index >= 15 is 0 Å². The summed E-state index contributed by atoms with van der Waals surface area (Å²) in [5.74, 6) is -0.389. The van der Waals surface area contributed by atoms with E-state index in [-0.39, 0.29) is 30.8 Å². The van der Waals surface area contributed by atoms with E-state index in [1.54, 1.807) is 11.0 Å². The molecule has 2 N–H and O–H groups in total. The van der Waals surface area contributed by atoms with Gasteiger partial charge in [-0.25, -0.2) is 0 Å². The molecule has 2 rings (SSSR count). The maximum atomic E-state index is 12.3. The van der Waals surface area contributed by atoms with Crippen LogP contribution >= 0.6 is 0 Å². The molecule has 0 radical (unpaired) electrons. The predicted octanol–water partition coefficient (Wildman–Crippen LogP) is 0.832. The lowest BCUT2D eigenvalue weighted by Gasteiger charge is -2.37. The van der Waals surface area contributed by atoms with E-state index < -0.39 is 5.54 Å². The molecule has 0 spiro atoms. The zero-order chi connectivity index (χ0) is 14.6. The van der Waals surface area contributed by atoms with Crippen molar-refractivity contribution in [3.63, 3.8) is 0 Å². The van der Waals surface area contributed by atoms with E-state index in [4.69, 9.17) is 0 Å². The third-order valence-electron chi connectivity index (χ3n) is 4.44. The standard InChI is InChI=1S/C15H24N2O3/c1-2-8-17-10-12(9-13(17)19)14(20)16-15(11-18)6-4-3-5-7-15/h2,12,18H,1,3-11H2,(H,16,20). The first-order chi connectivity index (χ1) is 9.60. The molecule has 0 aromatic carbocycles. The Morgan fingerprint density at radius 1 is 1.45 bits per heavy atom. The van der Waals surface area contributed by atoms with E-state index in [1.165, 1.54) is 0 Å². The summed E-state index contributed by atoms with van der Waals surface area (Å²) in [4.78, 5) is 25.8. The molecule has 1 heterocycles. The summed E-state index contributed by atoms with van der Waals surface area (Å²) in [6, 6.07) is 0. The van der Waals surface area contributed by atoms with Gasteiger partial charge in [0.05, 0.1) is 18.1 Å². The Kier molecular flexibility index (Phi) is 4.81. The van der Waals surface area contributed by atoms with Gasteiger partial charge in [0.2, 0.25) is 11.8 Å². The molecule has 5 heteroatoms. The molecule has 20 heavy (non-hydrogen) atoms. The highest BCUT2D eigenvalue weighted by Gasteiger charge is 2.38. The molecule has 1 atom stereocenters. The molecule has 0 aromatic heterocycles. The second-order valence-corrected chi connectivity index (χ2v) is 5.98. The average molecular weight is 280 g/mol. The van der Waals surface area contributed by atoms with Gasteiger partial charge in [-0.1, -0.05) is 25.3 Å². The van der Waals surface area contributed by atoms with Crippen LogP contribution in [0.25, 0.3) is 0 Å². The zero-order valence-corrected chi connectivity index (χ0v) is 11.9. The van der Waals surface area contributed by atoms with E-state index in [2.05, 4.69) is 11.9 Å². The number of aliphatic hydroxyl groups is 1. The minimum Gasteiger partial charge on any atom is -0.394 e. The Morgan fingerprint density at radius 3 is 2.75 bits per heavy atom. The topological polar surface area (TPSA) is 69.6 Å². The lowest BCUT2D eigenvalue weighted by molar-refractivity contribution is -0.130. The molecule has 2 fully saturated rings. The highest BCUT2D eigenvalue weighted by Crippen LogP contribution is 2.29. The third kappa shape index (κ3) is 3.20. The van der Waals surface area contributed by atoms with Crippen LogP contribution in [0.2, 0.25) is 0 Å². The second kappa shape index (κ2) is 6.39. The van der Waals surface area contributed by atoms with Gasteiger partial charge in [0.1, 0.15) is 0 Å². The molecule has 1 aliphatic heterocycles. The summed E-state index contributed by atoms with van der Waals surface area (Å²) < 4.78 is 0. The molecule has 2 aliphatic rings. The summed E-state index contributed by atoms with van der Waals surface area (Å²) >= 11 is 0. The first-order valence-electron chi connectivity index (χ1n) is 7.42. The summed E-state index contributed by atoms with van der Waals surface area (Å²) in [5, 5.41) is 12.6. The number of nitrogens with one attached hydrogen (secondary N) is 1. The Balaban J connectivity index is 1.94. The highest BCUT2D eigenvalue weighted by molar-refractivity contribution is 5.89. The van der Waals surface area contributed by atoms with Gasteiger partial charge in [-0.2, -0.15) is 0 Å². The van der Waals surface area contributed by atoms with Gasteiger partial charge in [-0.3, -0.25) is 9.59 Å². The van der Waals surface area contributed by atoms with Gasteiger partial charge >= 0.3 is 0 Å². The summed E-state index contributed by atoms with van der Waals surface area (Å²) in [5.41, 5.74) is -0.468. The van der Waals surface area contributed by atoms with Crippen molar-refractivity contribution in [2.45, 2.75) is 44.1 Å². The zero-order valence-electron chi connectivity index (χ0n) is 11.9. The summed E-state index contributed by atoms with van der Waals surface area (Å²) in [6.07, 6.45) is 6.82. The number of aliphatic hydroxyl groups excluding tert-OH is 1. The van der Waals surface area contributed by atoms with Crippen LogP contribution in [0.4, 0.5) is 0 Å². The van der Waals surface area contributed by atoms with Crippen LogP contribution in [0.1, 0.15) is 38.5 Å². The molecule has 1 saturated carbocycles. The van der Waals surface area contributed by atoms with Crippen LogP contribution in [-0.4, -0.2) is 47.1 Å². The molecular formula is C15H24N2O3. The first-order valence-corrected chi connectivity index (χ1v) is 7.42. The maximum Gasteiger partial charge on any atom is 0.225 e. The Bertz CT molecular complexity index is 389.